The van der Waals surface area contributed by atoms with Gasteiger partial charge in [-0.15, -0.1) is 11.3 Å². The van der Waals surface area contributed by atoms with Gasteiger partial charge in [-0.05, 0) is 54.4 Å². The summed E-state index contributed by atoms with van der Waals surface area (Å²) >= 11 is 1.80. The van der Waals surface area contributed by atoms with Crippen LogP contribution in [-0.2, 0) is 16.0 Å². The molecule has 0 radical (unpaired) electrons. The predicted octanol–water partition coefficient (Wildman–Crippen LogP) is 3.16. The second-order valence-electron chi connectivity index (χ2n) is 6.42. The molecule has 0 spiro atoms. The zero-order chi connectivity index (χ0) is 17.6. The molecule has 1 aliphatic rings. The summed E-state index contributed by atoms with van der Waals surface area (Å²) in [6, 6.07) is 10.6. The van der Waals surface area contributed by atoms with E-state index in [4.69, 9.17) is 4.74 Å². The fraction of sp³-hybridized carbons (Fsp3) is 0.450. The van der Waals surface area contributed by atoms with Crippen molar-refractivity contribution in [1.82, 2.24) is 10.2 Å². The molecule has 0 bridgehead atoms. The fourth-order valence-electron chi connectivity index (χ4n) is 3.45. The number of nitrogens with zero attached hydrogens (tertiary/aromatic N) is 1. The third-order valence-corrected chi connectivity index (χ3v) is 5.74. The molecule has 0 saturated heterocycles. The van der Waals surface area contributed by atoms with Crippen molar-refractivity contribution in [1.29, 1.82) is 0 Å². The minimum atomic E-state index is 0.0319. The number of carbonyl (C=O) groups is 1. The molecule has 1 amide bonds. The number of amides is 1. The molecule has 1 aliphatic heterocycles. The van der Waals surface area contributed by atoms with Crippen LogP contribution in [0.2, 0.25) is 0 Å². The van der Waals surface area contributed by atoms with Crippen LogP contribution >= 0.6 is 11.3 Å². The first-order valence-electron chi connectivity index (χ1n) is 8.83. The molecule has 0 fully saturated rings. The van der Waals surface area contributed by atoms with E-state index in [1.807, 2.05) is 4.90 Å². The van der Waals surface area contributed by atoms with Crippen LogP contribution < -0.4 is 5.32 Å². The second kappa shape index (κ2) is 8.61. The molecule has 25 heavy (non-hydrogen) atoms. The van der Waals surface area contributed by atoms with Crippen LogP contribution in [0.3, 0.4) is 0 Å². The smallest absolute Gasteiger partial charge is 0.237 e. The first-order valence-corrected chi connectivity index (χ1v) is 9.71. The van der Waals surface area contributed by atoms with Gasteiger partial charge in [-0.3, -0.25) is 4.79 Å². The van der Waals surface area contributed by atoms with Crippen molar-refractivity contribution >= 4 is 17.2 Å². The van der Waals surface area contributed by atoms with E-state index in [1.165, 1.54) is 21.6 Å². The van der Waals surface area contributed by atoms with E-state index in [-0.39, 0.29) is 11.9 Å². The van der Waals surface area contributed by atoms with Crippen molar-refractivity contribution in [3.63, 3.8) is 0 Å². The highest BCUT2D eigenvalue weighted by Crippen LogP contribution is 2.38. The Morgan fingerprint density at radius 2 is 2.16 bits per heavy atom. The molecule has 1 aromatic carbocycles. The van der Waals surface area contributed by atoms with Gasteiger partial charge in [-0.2, -0.15) is 0 Å². The molecule has 0 saturated carbocycles. The first-order chi connectivity index (χ1) is 12.2. The van der Waals surface area contributed by atoms with Crippen molar-refractivity contribution in [3.8, 4) is 0 Å². The highest BCUT2D eigenvalue weighted by atomic mass is 32.1. The minimum Gasteiger partial charge on any atom is -0.385 e. The van der Waals surface area contributed by atoms with Gasteiger partial charge in [0.25, 0.3) is 0 Å². The number of benzene rings is 1. The molecular formula is C20H26N2O2S. The Labute approximate surface area is 153 Å². The van der Waals surface area contributed by atoms with E-state index in [9.17, 15) is 4.79 Å². The number of nitrogens with one attached hydrogen (secondary N) is 1. The van der Waals surface area contributed by atoms with E-state index >= 15 is 0 Å². The van der Waals surface area contributed by atoms with Gasteiger partial charge >= 0.3 is 0 Å². The minimum absolute atomic E-state index is 0.0319. The molecule has 1 atom stereocenters. The Hall–Kier alpha value is -1.69. The molecule has 0 aliphatic carbocycles. The number of ether oxygens (including phenoxy) is 1. The van der Waals surface area contributed by atoms with Crippen molar-refractivity contribution in [2.24, 2.45) is 0 Å². The maximum atomic E-state index is 12.9. The number of fused-ring (bicyclic) bond motifs is 1. The van der Waals surface area contributed by atoms with Crippen LogP contribution in [-0.4, -0.2) is 44.2 Å². The van der Waals surface area contributed by atoms with Crippen molar-refractivity contribution in [2.75, 3.05) is 33.4 Å². The maximum Gasteiger partial charge on any atom is 0.237 e. The fourth-order valence-corrected chi connectivity index (χ4v) is 4.36. The normalized spacial score (nSPS) is 16.7. The van der Waals surface area contributed by atoms with Gasteiger partial charge < -0.3 is 15.0 Å². The molecule has 5 heteroatoms. The highest BCUT2D eigenvalue weighted by Gasteiger charge is 2.33. The summed E-state index contributed by atoms with van der Waals surface area (Å²) in [6.07, 6.45) is 1.87. The summed E-state index contributed by atoms with van der Waals surface area (Å²) in [4.78, 5) is 16.3. The van der Waals surface area contributed by atoms with Gasteiger partial charge in [0, 0.05) is 25.1 Å². The van der Waals surface area contributed by atoms with Crippen LogP contribution in [0, 0.1) is 6.92 Å². The summed E-state index contributed by atoms with van der Waals surface area (Å²) in [5.41, 5.74) is 3.75. The van der Waals surface area contributed by atoms with Gasteiger partial charge in [0.05, 0.1) is 12.6 Å². The van der Waals surface area contributed by atoms with Gasteiger partial charge in [0.15, 0.2) is 0 Å². The molecule has 134 valence electrons. The number of rotatable bonds is 7. The van der Waals surface area contributed by atoms with E-state index in [1.54, 1.807) is 18.4 Å². The van der Waals surface area contributed by atoms with E-state index in [0.717, 1.165) is 32.5 Å². The Morgan fingerprint density at radius 1 is 1.32 bits per heavy atom. The average molecular weight is 359 g/mol. The number of thiophene rings is 1. The number of methoxy groups -OCH3 is 1. The zero-order valence-corrected chi connectivity index (χ0v) is 15.8. The summed E-state index contributed by atoms with van der Waals surface area (Å²) in [5.74, 6) is 0.169. The van der Waals surface area contributed by atoms with Crippen LogP contribution in [0.25, 0.3) is 0 Å². The van der Waals surface area contributed by atoms with E-state index in [2.05, 4.69) is 48.0 Å². The average Bonchev–Trinajstić information content (AvgIpc) is 3.10. The lowest BCUT2D eigenvalue weighted by molar-refractivity contribution is -0.132. The number of hydrogen-bond acceptors (Lipinski definition) is 4. The van der Waals surface area contributed by atoms with Crippen molar-refractivity contribution in [3.05, 3.63) is 57.3 Å². The van der Waals surface area contributed by atoms with E-state index in [0.29, 0.717) is 6.54 Å². The van der Waals surface area contributed by atoms with Gasteiger partial charge in [0.2, 0.25) is 5.91 Å². The molecule has 1 N–H and O–H groups in total. The van der Waals surface area contributed by atoms with E-state index < -0.39 is 0 Å². The third-order valence-electron chi connectivity index (χ3n) is 4.75. The topological polar surface area (TPSA) is 41.6 Å². The van der Waals surface area contributed by atoms with Crippen LogP contribution in [0.15, 0.2) is 35.7 Å². The third kappa shape index (κ3) is 4.11. The Bertz CT molecular complexity index is 713. The number of hydrogen-bond donors (Lipinski definition) is 1. The lowest BCUT2D eigenvalue weighted by Crippen LogP contribution is -2.44. The molecule has 3 rings (SSSR count). The molecule has 2 heterocycles. The Kier molecular flexibility index (Phi) is 6.24. The SMILES string of the molecule is COCCCNCC(=O)N1CCc2sccc2[C@H]1c1ccccc1C. The Balaban J connectivity index is 1.78. The van der Waals surface area contributed by atoms with Crippen LogP contribution in [0.4, 0.5) is 0 Å². The Morgan fingerprint density at radius 3 is 2.96 bits per heavy atom. The molecule has 1 aromatic heterocycles. The molecular weight excluding hydrogens is 332 g/mol. The monoisotopic (exact) mass is 358 g/mol. The largest absolute Gasteiger partial charge is 0.385 e. The van der Waals surface area contributed by atoms with Gasteiger partial charge in [0.1, 0.15) is 0 Å². The zero-order valence-electron chi connectivity index (χ0n) is 15.0. The summed E-state index contributed by atoms with van der Waals surface area (Å²) in [5, 5.41) is 5.40. The summed E-state index contributed by atoms with van der Waals surface area (Å²) in [6.45, 7) is 4.81. The predicted molar refractivity (Wildman–Crippen MR) is 102 cm³/mol. The van der Waals surface area contributed by atoms with Crippen LogP contribution in [0.5, 0.6) is 0 Å². The quantitative estimate of drug-likeness (QED) is 0.773. The summed E-state index contributed by atoms with van der Waals surface area (Å²) in [7, 11) is 1.70. The standard InChI is InChI=1S/C20H26N2O2S/c1-15-6-3-4-7-16(15)20-17-9-13-25-18(17)8-11-22(20)19(23)14-21-10-5-12-24-2/h3-4,6-7,9,13,20-21H,5,8,10-12,14H2,1-2H3/t20-/m1/s1. The molecule has 0 unspecified atom stereocenters. The first kappa shape index (κ1) is 18.1. The van der Waals surface area contributed by atoms with Gasteiger partial charge in [-0.1, -0.05) is 24.3 Å². The lowest BCUT2D eigenvalue weighted by atomic mass is 9.90. The number of aryl methyl sites for hydroxylation is 1. The van der Waals surface area contributed by atoms with Crippen molar-refractivity contribution in [2.45, 2.75) is 25.8 Å². The van der Waals surface area contributed by atoms with Gasteiger partial charge in [-0.25, -0.2) is 0 Å². The lowest BCUT2D eigenvalue weighted by Gasteiger charge is -2.37. The molecule has 4 nitrogen and oxygen atoms in total. The highest BCUT2D eigenvalue weighted by molar-refractivity contribution is 7.10. The molecule has 2 aromatic rings. The second-order valence-corrected chi connectivity index (χ2v) is 7.42. The maximum absolute atomic E-state index is 12.9. The summed E-state index contributed by atoms with van der Waals surface area (Å²) < 4.78 is 5.05. The number of carbonyl (C=O) groups excluding carboxylic acids is 1. The van der Waals surface area contributed by atoms with Crippen LogP contribution in [0.1, 0.15) is 34.0 Å². The van der Waals surface area contributed by atoms with Crippen molar-refractivity contribution < 1.29 is 9.53 Å².